The highest BCUT2D eigenvalue weighted by atomic mass is 32.2. The predicted molar refractivity (Wildman–Crippen MR) is 81.6 cm³/mol. The molecular weight excluding hydrogens is 274 g/mol. The van der Waals surface area contributed by atoms with Crippen LogP contribution in [0.3, 0.4) is 0 Å². The van der Waals surface area contributed by atoms with Gasteiger partial charge in [-0.25, -0.2) is 12.7 Å². The van der Waals surface area contributed by atoms with Crippen molar-refractivity contribution in [2.24, 2.45) is 0 Å². The van der Waals surface area contributed by atoms with E-state index in [0.717, 1.165) is 18.8 Å². The van der Waals surface area contributed by atoms with Gasteiger partial charge in [0.05, 0.1) is 5.69 Å². The average molecular weight is 297 g/mol. The zero-order chi connectivity index (χ0) is 14.8. The molecule has 0 radical (unpaired) electrons. The van der Waals surface area contributed by atoms with Crippen LogP contribution in [-0.2, 0) is 10.0 Å². The van der Waals surface area contributed by atoms with E-state index in [0.29, 0.717) is 10.9 Å². The van der Waals surface area contributed by atoms with Crippen molar-refractivity contribution in [2.45, 2.75) is 23.8 Å². The first-order valence-electron chi connectivity index (χ1n) is 6.89. The van der Waals surface area contributed by atoms with Gasteiger partial charge in [0.2, 0.25) is 10.0 Å². The van der Waals surface area contributed by atoms with Gasteiger partial charge < -0.3 is 10.2 Å². The number of anilines is 1. The molecule has 0 saturated heterocycles. The molecule has 1 saturated carbocycles. The van der Waals surface area contributed by atoms with Gasteiger partial charge in [-0.05, 0) is 25.0 Å². The maximum atomic E-state index is 12.3. The number of likely N-dealkylation sites (N-methyl/N-ethyl adjacent to an activating group) is 1. The van der Waals surface area contributed by atoms with Crippen molar-refractivity contribution in [3.63, 3.8) is 0 Å². The summed E-state index contributed by atoms with van der Waals surface area (Å²) < 4.78 is 25.9. The summed E-state index contributed by atoms with van der Waals surface area (Å²) in [6.07, 6.45) is 2.52. The Balaban J connectivity index is 2.13. The van der Waals surface area contributed by atoms with Gasteiger partial charge in [0, 0.05) is 40.3 Å². The van der Waals surface area contributed by atoms with Gasteiger partial charge in [-0.15, -0.1) is 0 Å². The van der Waals surface area contributed by atoms with E-state index in [9.17, 15) is 8.42 Å². The van der Waals surface area contributed by atoms with Gasteiger partial charge >= 0.3 is 0 Å². The molecule has 0 aromatic heterocycles. The van der Waals surface area contributed by atoms with Gasteiger partial charge in [0.15, 0.2) is 0 Å². The minimum absolute atomic E-state index is 0.360. The number of nitrogens with one attached hydrogen (secondary N) is 1. The van der Waals surface area contributed by atoms with Crippen molar-refractivity contribution in [1.82, 2.24) is 9.62 Å². The SMILES string of the molecule is CN(CCNC1CC1)c1ccccc1S(=O)(=O)N(C)C. The molecule has 1 N–H and O–H groups in total. The Hall–Kier alpha value is -1.11. The van der Waals surface area contributed by atoms with Crippen molar-refractivity contribution in [3.05, 3.63) is 24.3 Å². The van der Waals surface area contributed by atoms with Gasteiger partial charge in [-0.3, -0.25) is 0 Å². The first-order chi connectivity index (χ1) is 9.43. The molecule has 0 spiro atoms. The minimum atomic E-state index is -3.41. The monoisotopic (exact) mass is 297 g/mol. The summed E-state index contributed by atoms with van der Waals surface area (Å²) in [5, 5.41) is 3.44. The standard InChI is InChI=1S/C14H23N3O2S/c1-16(2)20(18,19)14-7-5-4-6-13(14)17(3)11-10-15-12-8-9-12/h4-7,12,15H,8-11H2,1-3H3. The van der Waals surface area contributed by atoms with Crippen LogP contribution in [0.2, 0.25) is 0 Å². The van der Waals surface area contributed by atoms with Gasteiger partial charge in [-0.2, -0.15) is 0 Å². The molecule has 0 unspecified atom stereocenters. The Morgan fingerprint density at radius 1 is 1.20 bits per heavy atom. The molecule has 20 heavy (non-hydrogen) atoms. The summed E-state index contributed by atoms with van der Waals surface area (Å²) in [5.74, 6) is 0. The predicted octanol–water partition coefficient (Wildman–Crippen LogP) is 1.13. The van der Waals surface area contributed by atoms with E-state index < -0.39 is 10.0 Å². The molecule has 0 bridgehead atoms. The molecule has 1 aromatic rings. The van der Waals surface area contributed by atoms with Crippen LogP contribution in [0.15, 0.2) is 29.2 Å². The first kappa shape index (κ1) is 15.3. The quantitative estimate of drug-likeness (QED) is 0.819. The lowest BCUT2D eigenvalue weighted by Crippen LogP contribution is -2.32. The number of nitrogens with zero attached hydrogens (tertiary/aromatic N) is 2. The number of para-hydroxylation sites is 1. The summed E-state index contributed by atoms with van der Waals surface area (Å²) >= 11 is 0. The third-order valence-electron chi connectivity index (χ3n) is 3.49. The molecule has 1 aliphatic rings. The van der Waals surface area contributed by atoms with Gasteiger partial charge in [-0.1, -0.05) is 12.1 Å². The average Bonchev–Trinajstić information content (AvgIpc) is 3.22. The highest BCUT2D eigenvalue weighted by molar-refractivity contribution is 7.89. The lowest BCUT2D eigenvalue weighted by atomic mass is 10.3. The van der Waals surface area contributed by atoms with Crippen LogP contribution in [-0.4, -0.2) is 53.0 Å². The van der Waals surface area contributed by atoms with E-state index in [4.69, 9.17) is 0 Å². The third-order valence-corrected chi connectivity index (χ3v) is 5.36. The molecule has 2 rings (SSSR count). The minimum Gasteiger partial charge on any atom is -0.372 e. The van der Waals surface area contributed by atoms with Crippen LogP contribution in [0.4, 0.5) is 5.69 Å². The van der Waals surface area contributed by atoms with Crippen LogP contribution < -0.4 is 10.2 Å². The number of benzene rings is 1. The molecule has 5 nitrogen and oxygen atoms in total. The van der Waals surface area contributed by atoms with Crippen molar-refractivity contribution in [1.29, 1.82) is 0 Å². The fourth-order valence-electron chi connectivity index (χ4n) is 2.03. The maximum Gasteiger partial charge on any atom is 0.244 e. The van der Waals surface area contributed by atoms with Crippen LogP contribution in [0, 0.1) is 0 Å². The van der Waals surface area contributed by atoms with Crippen molar-refractivity contribution >= 4 is 15.7 Å². The van der Waals surface area contributed by atoms with Crippen molar-refractivity contribution < 1.29 is 8.42 Å². The second-order valence-corrected chi connectivity index (χ2v) is 7.53. The molecule has 1 aliphatic carbocycles. The Morgan fingerprint density at radius 2 is 1.85 bits per heavy atom. The summed E-state index contributed by atoms with van der Waals surface area (Å²) in [5.41, 5.74) is 0.749. The largest absolute Gasteiger partial charge is 0.372 e. The Morgan fingerprint density at radius 3 is 2.45 bits per heavy atom. The summed E-state index contributed by atoms with van der Waals surface area (Å²) in [7, 11) is 1.63. The molecule has 1 fully saturated rings. The second kappa shape index (κ2) is 6.11. The van der Waals surface area contributed by atoms with E-state index in [1.54, 1.807) is 26.2 Å². The molecule has 0 atom stereocenters. The van der Waals surface area contributed by atoms with Crippen molar-refractivity contribution in [2.75, 3.05) is 39.1 Å². The van der Waals surface area contributed by atoms with E-state index in [2.05, 4.69) is 5.32 Å². The number of hydrogen-bond donors (Lipinski definition) is 1. The topological polar surface area (TPSA) is 52.7 Å². The van der Waals surface area contributed by atoms with E-state index in [1.165, 1.54) is 17.1 Å². The number of sulfonamides is 1. The van der Waals surface area contributed by atoms with E-state index >= 15 is 0 Å². The fourth-order valence-corrected chi connectivity index (χ4v) is 3.16. The molecule has 1 aromatic carbocycles. The summed E-state index contributed by atoms with van der Waals surface area (Å²) in [4.78, 5) is 2.35. The van der Waals surface area contributed by atoms with Crippen molar-refractivity contribution in [3.8, 4) is 0 Å². The second-order valence-electron chi connectivity index (χ2n) is 5.41. The lowest BCUT2D eigenvalue weighted by molar-refractivity contribution is 0.520. The Kier molecular flexibility index (Phi) is 4.67. The van der Waals surface area contributed by atoms with Crippen LogP contribution in [0.25, 0.3) is 0 Å². The molecule has 0 amide bonds. The normalized spacial score (nSPS) is 15.6. The number of rotatable bonds is 7. The first-order valence-corrected chi connectivity index (χ1v) is 8.33. The lowest BCUT2D eigenvalue weighted by Gasteiger charge is -2.23. The van der Waals surface area contributed by atoms with Crippen LogP contribution >= 0.6 is 0 Å². The fraction of sp³-hybridized carbons (Fsp3) is 0.571. The Bertz CT molecular complexity index is 553. The molecule has 0 heterocycles. The smallest absolute Gasteiger partial charge is 0.244 e. The van der Waals surface area contributed by atoms with E-state index in [1.807, 2.05) is 24.1 Å². The molecule has 112 valence electrons. The third kappa shape index (κ3) is 3.50. The number of hydrogen-bond acceptors (Lipinski definition) is 4. The van der Waals surface area contributed by atoms with E-state index in [-0.39, 0.29) is 0 Å². The van der Waals surface area contributed by atoms with Crippen LogP contribution in [0.1, 0.15) is 12.8 Å². The maximum absolute atomic E-state index is 12.3. The molecule has 6 heteroatoms. The zero-order valence-corrected chi connectivity index (χ0v) is 13.2. The highest BCUT2D eigenvalue weighted by Gasteiger charge is 2.23. The zero-order valence-electron chi connectivity index (χ0n) is 12.3. The van der Waals surface area contributed by atoms with Gasteiger partial charge in [0.25, 0.3) is 0 Å². The molecule has 0 aliphatic heterocycles. The summed E-state index contributed by atoms with van der Waals surface area (Å²) in [6, 6.07) is 7.82. The summed E-state index contributed by atoms with van der Waals surface area (Å²) in [6.45, 7) is 1.66. The Labute approximate surface area is 121 Å². The highest BCUT2D eigenvalue weighted by Crippen LogP contribution is 2.26. The van der Waals surface area contributed by atoms with Gasteiger partial charge in [0.1, 0.15) is 4.90 Å². The molecular formula is C14H23N3O2S. The van der Waals surface area contributed by atoms with Crippen LogP contribution in [0.5, 0.6) is 0 Å².